The van der Waals surface area contributed by atoms with Crippen molar-refractivity contribution in [2.24, 2.45) is 0 Å². The first kappa shape index (κ1) is 32.0. The van der Waals surface area contributed by atoms with E-state index in [0.717, 1.165) is 4.48 Å². The van der Waals surface area contributed by atoms with E-state index in [9.17, 15) is 0 Å². The highest BCUT2D eigenvalue weighted by atomic mass is 32.3. The highest BCUT2D eigenvalue weighted by molar-refractivity contribution is 7.79. The second-order valence-corrected chi connectivity index (χ2v) is 10.4. The molecular formula is C23H53N2O4S+. The van der Waals surface area contributed by atoms with Crippen molar-refractivity contribution in [2.75, 3.05) is 27.7 Å². The van der Waals surface area contributed by atoms with Gasteiger partial charge in [0.15, 0.2) is 0 Å². The Morgan fingerprint density at radius 2 is 0.933 bits per heavy atom. The van der Waals surface area contributed by atoms with E-state index in [4.69, 9.17) is 17.5 Å². The minimum Gasteiger partial charge on any atom is -0.316 e. The first-order valence-corrected chi connectivity index (χ1v) is 13.6. The van der Waals surface area contributed by atoms with E-state index in [-0.39, 0.29) is 0 Å². The molecule has 0 aromatic rings. The number of rotatable bonds is 19. The molecular weight excluding hydrogens is 400 g/mol. The Kier molecular flexibility index (Phi) is 22.0. The predicted octanol–water partition coefficient (Wildman–Crippen LogP) is 6.24. The molecule has 0 fully saturated rings. The summed E-state index contributed by atoms with van der Waals surface area (Å²) in [6, 6.07) is 0. The van der Waals surface area contributed by atoms with Crippen molar-refractivity contribution in [3.05, 3.63) is 0 Å². The van der Waals surface area contributed by atoms with Crippen LogP contribution in [0.2, 0.25) is 0 Å². The molecule has 0 rings (SSSR count). The number of quaternary nitrogens is 1. The van der Waals surface area contributed by atoms with E-state index < -0.39 is 10.4 Å². The summed E-state index contributed by atoms with van der Waals surface area (Å²) in [5, 5.41) is 3.64. The maximum Gasteiger partial charge on any atom is 0.394 e. The summed E-state index contributed by atoms with van der Waals surface area (Å²) in [6.45, 7) is 5.76. The molecule has 0 aliphatic carbocycles. The van der Waals surface area contributed by atoms with Crippen LogP contribution in [0.15, 0.2) is 0 Å². The van der Waals surface area contributed by atoms with Crippen LogP contribution < -0.4 is 5.32 Å². The molecule has 6 nitrogen and oxygen atoms in total. The summed E-state index contributed by atoms with van der Waals surface area (Å²) < 4.78 is 32.6. The maximum absolute atomic E-state index is 8.74. The van der Waals surface area contributed by atoms with E-state index in [0.29, 0.717) is 6.17 Å². The Hall–Kier alpha value is -0.210. The molecule has 184 valence electrons. The molecule has 0 saturated carbocycles. The second kappa shape index (κ2) is 20.7. The lowest BCUT2D eigenvalue weighted by Gasteiger charge is -2.32. The summed E-state index contributed by atoms with van der Waals surface area (Å²) >= 11 is 0. The summed E-state index contributed by atoms with van der Waals surface area (Å²) in [4.78, 5) is 0. The zero-order chi connectivity index (χ0) is 23.3. The minimum atomic E-state index is -4.67. The third-order valence-corrected chi connectivity index (χ3v) is 5.63. The number of hydrogen-bond donors (Lipinski definition) is 3. The van der Waals surface area contributed by atoms with Gasteiger partial charge in [-0.25, -0.2) is 0 Å². The Balaban J connectivity index is 0. The monoisotopic (exact) mass is 453 g/mol. The summed E-state index contributed by atoms with van der Waals surface area (Å²) in [5.74, 6) is 0. The van der Waals surface area contributed by atoms with E-state index in [2.05, 4.69) is 40.3 Å². The molecule has 0 aliphatic rings. The van der Waals surface area contributed by atoms with Gasteiger partial charge in [-0.05, 0) is 6.42 Å². The van der Waals surface area contributed by atoms with Crippen LogP contribution in [0.3, 0.4) is 0 Å². The molecule has 0 aromatic carbocycles. The van der Waals surface area contributed by atoms with Gasteiger partial charge in [0.1, 0.15) is 6.17 Å². The van der Waals surface area contributed by atoms with Crippen LogP contribution >= 0.6 is 0 Å². The van der Waals surface area contributed by atoms with Crippen LogP contribution in [0, 0.1) is 0 Å². The highest BCUT2D eigenvalue weighted by Crippen LogP contribution is 2.13. The van der Waals surface area contributed by atoms with Gasteiger partial charge in [0.05, 0.1) is 21.1 Å². The minimum absolute atomic E-state index is 0.552. The second-order valence-electron chi connectivity index (χ2n) is 9.50. The quantitative estimate of drug-likeness (QED) is 0.0933. The molecule has 0 saturated heterocycles. The van der Waals surface area contributed by atoms with Gasteiger partial charge in [-0.3, -0.25) is 14.4 Å². The average Bonchev–Trinajstić information content (AvgIpc) is 2.62. The predicted molar refractivity (Wildman–Crippen MR) is 129 cm³/mol. The van der Waals surface area contributed by atoms with Gasteiger partial charge in [-0.2, -0.15) is 8.42 Å². The largest absolute Gasteiger partial charge is 0.394 e. The van der Waals surface area contributed by atoms with Crippen LogP contribution in [0.5, 0.6) is 0 Å². The first-order chi connectivity index (χ1) is 14.0. The molecule has 3 N–H and O–H groups in total. The molecule has 1 atom stereocenters. The number of unbranched alkanes of at least 4 members (excludes halogenated alkanes) is 15. The van der Waals surface area contributed by atoms with Crippen LogP contribution in [-0.2, 0) is 10.4 Å². The zero-order valence-electron chi connectivity index (χ0n) is 20.7. The van der Waals surface area contributed by atoms with Crippen molar-refractivity contribution in [1.29, 1.82) is 0 Å². The van der Waals surface area contributed by atoms with E-state index in [1.807, 2.05) is 0 Å². The third-order valence-electron chi connectivity index (χ3n) is 5.63. The van der Waals surface area contributed by atoms with Crippen molar-refractivity contribution >= 4 is 10.4 Å². The van der Waals surface area contributed by atoms with Gasteiger partial charge in [-0.1, -0.05) is 103 Å². The zero-order valence-corrected chi connectivity index (χ0v) is 21.5. The van der Waals surface area contributed by atoms with Crippen molar-refractivity contribution in [1.82, 2.24) is 5.32 Å². The lowest BCUT2D eigenvalue weighted by Crippen LogP contribution is -2.51. The molecule has 1 unspecified atom stereocenters. The molecule has 30 heavy (non-hydrogen) atoms. The summed E-state index contributed by atoms with van der Waals surface area (Å²) in [6.07, 6.45) is 23.7. The van der Waals surface area contributed by atoms with Crippen LogP contribution in [-0.4, -0.2) is 55.9 Å². The Bertz CT molecular complexity index is 443. The lowest BCUT2D eigenvalue weighted by molar-refractivity contribution is -0.897. The van der Waals surface area contributed by atoms with Crippen LogP contribution in [0.25, 0.3) is 0 Å². The number of nitrogens with one attached hydrogen (secondary N) is 1. The van der Waals surface area contributed by atoms with Gasteiger partial charge >= 0.3 is 10.4 Å². The molecule has 0 aromatic heterocycles. The van der Waals surface area contributed by atoms with E-state index >= 15 is 0 Å². The molecule has 0 spiro atoms. The fourth-order valence-electron chi connectivity index (χ4n) is 3.26. The number of nitrogens with zero attached hydrogens (tertiary/aromatic N) is 1. The molecule has 0 radical (unpaired) electrons. The summed E-state index contributed by atoms with van der Waals surface area (Å²) in [5.41, 5.74) is 0. The normalized spacial score (nSPS) is 13.0. The molecule has 0 amide bonds. The fraction of sp³-hybridized carbons (Fsp3) is 1.00. The Labute approximate surface area is 188 Å². The lowest BCUT2D eigenvalue weighted by atomic mass is 10.0. The first-order valence-electron chi connectivity index (χ1n) is 12.2. The van der Waals surface area contributed by atoms with Gasteiger partial charge < -0.3 is 4.48 Å². The van der Waals surface area contributed by atoms with Gasteiger partial charge in [0, 0.05) is 13.5 Å². The molecule has 0 bridgehead atoms. The Morgan fingerprint density at radius 1 is 0.667 bits per heavy atom. The van der Waals surface area contributed by atoms with E-state index in [1.54, 1.807) is 0 Å². The van der Waals surface area contributed by atoms with Crippen molar-refractivity contribution < 1.29 is 22.0 Å². The molecule has 0 aliphatic heterocycles. The maximum atomic E-state index is 8.74. The smallest absolute Gasteiger partial charge is 0.316 e. The topological polar surface area (TPSA) is 86.6 Å². The van der Waals surface area contributed by atoms with Crippen molar-refractivity contribution in [3.8, 4) is 0 Å². The SMILES string of the molecule is CCCCCCCCCCCCCCCCCCNC(C)[N+](C)(C)C.O=S(=O)(O)O. The van der Waals surface area contributed by atoms with E-state index in [1.165, 1.54) is 109 Å². The van der Waals surface area contributed by atoms with Gasteiger partial charge in [0.25, 0.3) is 0 Å². The third kappa shape index (κ3) is 32.5. The standard InChI is InChI=1S/C23H51N2.H2O4S/c1-6-7-8-9-10-11-12-13-14-15-16-17-18-19-20-21-22-24-23(2)25(3,4)5;1-5(2,3)4/h23-24H,6-22H2,1-5H3;(H2,1,2,3,4)/q+1;. The van der Waals surface area contributed by atoms with Crippen LogP contribution in [0.4, 0.5) is 0 Å². The Morgan fingerprint density at radius 3 is 1.20 bits per heavy atom. The average molecular weight is 454 g/mol. The summed E-state index contributed by atoms with van der Waals surface area (Å²) in [7, 11) is 2.10. The van der Waals surface area contributed by atoms with Crippen molar-refractivity contribution in [3.63, 3.8) is 0 Å². The highest BCUT2D eigenvalue weighted by Gasteiger charge is 2.16. The molecule has 0 heterocycles. The molecule has 7 heteroatoms. The fourth-order valence-corrected chi connectivity index (χ4v) is 3.26. The van der Waals surface area contributed by atoms with Gasteiger partial charge in [-0.15, -0.1) is 0 Å². The van der Waals surface area contributed by atoms with Gasteiger partial charge in [0.2, 0.25) is 0 Å². The van der Waals surface area contributed by atoms with Crippen molar-refractivity contribution in [2.45, 2.75) is 123 Å². The van der Waals surface area contributed by atoms with Crippen LogP contribution in [0.1, 0.15) is 117 Å². The number of hydrogen-bond acceptors (Lipinski definition) is 3.